The van der Waals surface area contributed by atoms with Gasteiger partial charge in [0.15, 0.2) is 0 Å². The van der Waals surface area contributed by atoms with Crippen molar-refractivity contribution in [2.24, 2.45) is 0 Å². The van der Waals surface area contributed by atoms with Crippen molar-refractivity contribution in [3.05, 3.63) is 57.8 Å². The molecule has 0 heterocycles. The van der Waals surface area contributed by atoms with Crippen molar-refractivity contribution in [2.75, 3.05) is 11.1 Å². The van der Waals surface area contributed by atoms with Crippen molar-refractivity contribution in [3.63, 3.8) is 0 Å². The van der Waals surface area contributed by atoms with Gasteiger partial charge >= 0.3 is 0 Å². The molecule has 98 valence electrons. The van der Waals surface area contributed by atoms with E-state index in [0.29, 0.717) is 16.9 Å². The summed E-state index contributed by atoms with van der Waals surface area (Å²) in [4.78, 5) is 12.0. The zero-order chi connectivity index (χ0) is 14.0. The molecule has 0 atom stereocenters. The predicted octanol–water partition coefficient (Wildman–Crippen LogP) is 3.73. The van der Waals surface area contributed by atoms with E-state index in [0.717, 1.165) is 10.0 Å². The highest BCUT2D eigenvalue weighted by molar-refractivity contribution is 9.10. The Bertz CT molecular complexity index is 623. The molecule has 0 bridgehead atoms. The lowest BCUT2D eigenvalue weighted by Gasteiger charge is -2.08. The van der Waals surface area contributed by atoms with E-state index in [1.807, 2.05) is 0 Å². The Hall–Kier alpha value is -1.88. The summed E-state index contributed by atoms with van der Waals surface area (Å²) >= 11 is 3.27. The highest BCUT2D eigenvalue weighted by Gasteiger charge is 2.10. The molecule has 0 radical (unpaired) electrons. The molecular weight excluding hydrogens is 311 g/mol. The van der Waals surface area contributed by atoms with Gasteiger partial charge < -0.3 is 11.1 Å². The summed E-state index contributed by atoms with van der Waals surface area (Å²) in [5.41, 5.74) is 7.63. The molecule has 2 aromatic carbocycles. The van der Waals surface area contributed by atoms with Gasteiger partial charge in [-0.25, -0.2) is 4.39 Å². The minimum Gasteiger partial charge on any atom is -0.398 e. The number of amides is 1. The summed E-state index contributed by atoms with van der Waals surface area (Å²) in [6.45, 7) is 1.76. The number of hydrogen-bond acceptors (Lipinski definition) is 2. The maximum atomic E-state index is 13.2. The van der Waals surface area contributed by atoms with Gasteiger partial charge in [0.25, 0.3) is 5.91 Å². The van der Waals surface area contributed by atoms with Crippen LogP contribution in [-0.2, 0) is 0 Å². The van der Waals surface area contributed by atoms with Crippen LogP contribution in [0.15, 0.2) is 40.9 Å². The second-order valence-corrected chi connectivity index (χ2v) is 5.12. The Balaban J connectivity index is 2.25. The van der Waals surface area contributed by atoms with Crippen molar-refractivity contribution in [1.82, 2.24) is 0 Å². The maximum absolute atomic E-state index is 13.2. The normalized spacial score (nSPS) is 10.3. The standard InChI is InChI=1S/C14H12BrFN2O/c1-8-4-10(16)7-11(5-8)18-14(19)12-3-2-9(15)6-13(12)17/h2-7H,17H2,1H3,(H,18,19). The fourth-order valence-corrected chi connectivity index (χ4v) is 2.13. The number of nitrogens with one attached hydrogen (secondary N) is 1. The van der Waals surface area contributed by atoms with E-state index in [1.165, 1.54) is 12.1 Å². The van der Waals surface area contributed by atoms with Gasteiger partial charge in [0, 0.05) is 15.8 Å². The molecule has 0 fully saturated rings. The van der Waals surface area contributed by atoms with Gasteiger partial charge in [-0.15, -0.1) is 0 Å². The molecule has 0 unspecified atom stereocenters. The van der Waals surface area contributed by atoms with E-state index in [9.17, 15) is 9.18 Å². The Morgan fingerprint density at radius 3 is 2.63 bits per heavy atom. The lowest BCUT2D eigenvalue weighted by molar-refractivity contribution is 0.102. The first-order valence-corrected chi connectivity index (χ1v) is 6.38. The molecule has 2 aromatic rings. The van der Waals surface area contributed by atoms with Crippen LogP contribution in [0.4, 0.5) is 15.8 Å². The van der Waals surface area contributed by atoms with Gasteiger partial charge in [-0.3, -0.25) is 4.79 Å². The number of anilines is 2. The molecule has 2 rings (SSSR count). The third kappa shape index (κ3) is 3.32. The molecule has 19 heavy (non-hydrogen) atoms. The molecule has 5 heteroatoms. The van der Waals surface area contributed by atoms with Crippen LogP contribution in [0.3, 0.4) is 0 Å². The first-order valence-electron chi connectivity index (χ1n) is 5.59. The van der Waals surface area contributed by atoms with Crippen LogP contribution < -0.4 is 11.1 Å². The molecular formula is C14H12BrFN2O. The summed E-state index contributed by atoms with van der Waals surface area (Å²) in [6, 6.07) is 9.33. The van der Waals surface area contributed by atoms with E-state index >= 15 is 0 Å². The summed E-state index contributed by atoms with van der Waals surface area (Å²) in [6.07, 6.45) is 0. The number of halogens is 2. The quantitative estimate of drug-likeness (QED) is 0.828. The van der Waals surface area contributed by atoms with E-state index in [1.54, 1.807) is 31.2 Å². The van der Waals surface area contributed by atoms with Gasteiger partial charge in [0.1, 0.15) is 5.82 Å². The second-order valence-electron chi connectivity index (χ2n) is 4.20. The number of rotatable bonds is 2. The third-order valence-electron chi connectivity index (χ3n) is 2.56. The number of carbonyl (C=O) groups excluding carboxylic acids is 1. The Morgan fingerprint density at radius 1 is 1.26 bits per heavy atom. The van der Waals surface area contributed by atoms with Gasteiger partial charge in [0.05, 0.1) is 5.56 Å². The maximum Gasteiger partial charge on any atom is 0.257 e. The minimum absolute atomic E-state index is 0.352. The lowest BCUT2D eigenvalue weighted by Crippen LogP contribution is -2.14. The van der Waals surface area contributed by atoms with Crippen LogP contribution >= 0.6 is 15.9 Å². The molecule has 0 aliphatic heterocycles. The van der Waals surface area contributed by atoms with Crippen LogP contribution in [0.1, 0.15) is 15.9 Å². The monoisotopic (exact) mass is 322 g/mol. The van der Waals surface area contributed by atoms with Crippen LogP contribution in [0.2, 0.25) is 0 Å². The average Bonchev–Trinajstić information content (AvgIpc) is 2.26. The molecule has 0 saturated heterocycles. The minimum atomic E-state index is -0.390. The average molecular weight is 323 g/mol. The van der Waals surface area contributed by atoms with Gasteiger partial charge in [-0.1, -0.05) is 15.9 Å². The zero-order valence-electron chi connectivity index (χ0n) is 10.2. The predicted molar refractivity (Wildman–Crippen MR) is 77.6 cm³/mol. The summed E-state index contributed by atoms with van der Waals surface area (Å²) in [7, 11) is 0. The van der Waals surface area contributed by atoms with Crippen molar-refractivity contribution < 1.29 is 9.18 Å². The van der Waals surface area contributed by atoms with Crippen LogP contribution in [0.25, 0.3) is 0 Å². The fraction of sp³-hybridized carbons (Fsp3) is 0.0714. The zero-order valence-corrected chi connectivity index (χ0v) is 11.8. The van der Waals surface area contributed by atoms with Gasteiger partial charge in [-0.05, 0) is 48.9 Å². The van der Waals surface area contributed by atoms with E-state index in [-0.39, 0.29) is 11.7 Å². The molecule has 3 N–H and O–H groups in total. The van der Waals surface area contributed by atoms with Crippen molar-refractivity contribution in [2.45, 2.75) is 6.92 Å². The molecule has 0 saturated carbocycles. The Morgan fingerprint density at radius 2 is 2.00 bits per heavy atom. The largest absolute Gasteiger partial charge is 0.398 e. The molecule has 0 aliphatic carbocycles. The molecule has 0 aromatic heterocycles. The summed E-state index contributed by atoms with van der Waals surface area (Å²) in [5.74, 6) is -0.755. The van der Waals surface area contributed by atoms with E-state index < -0.39 is 0 Å². The van der Waals surface area contributed by atoms with Crippen LogP contribution in [0.5, 0.6) is 0 Å². The first-order chi connectivity index (χ1) is 8.95. The lowest BCUT2D eigenvalue weighted by atomic mass is 10.1. The summed E-state index contributed by atoms with van der Waals surface area (Å²) < 4.78 is 14.0. The topological polar surface area (TPSA) is 55.1 Å². The van der Waals surface area contributed by atoms with Crippen LogP contribution in [-0.4, -0.2) is 5.91 Å². The second kappa shape index (κ2) is 5.40. The Labute approximate surface area is 118 Å². The third-order valence-corrected chi connectivity index (χ3v) is 3.05. The number of carbonyl (C=O) groups is 1. The van der Waals surface area contributed by atoms with Crippen LogP contribution in [0, 0.1) is 12.7 Å². The fourth-order valence-electron chi connectivity index (χ4n) is 1.75. The van der Waals surface area contributed by atoms with Crippen molar-refractivity contribution >= 4 is 33.2 Å². The van der Waals surface area contributed by atoms with Gasteiger partial charge in [-0.2, -0.15) is 0 Å². The summed E-state index contributed by atoms with van der Waals surface area (Å²) in [5, 5.41) is 2.63. The SMILES string of the molecule is Cc1cc(F)cc(NC(=O)c2ccc(Br)cc2N)c1. The van der Waals surface area contributed by atoms with E-state index in [4.69, 9.17) is 5.73 Å². The van der Waals surface area contributed by atoms with E-state index in [2.05, 4.69) is 21.2 Å². The Kier molecular flexibility index (Phi) is 3.85. The highest BCUT2D eigenvalue weighted by atomic mass is 79.9. The number of nitrogens with two attached hydrogens (primary N) is 1. The molecule has 0 spiro atoms. The number of nitrogen functional groups attached to an aromatic ring is 1. The van der Waals surface area contributed by atoms with Gasteiger partial charge in [0.2, 0.25) is 0 Å². The number of hydrogen-bond donors (Lipinski definition) is 2. The first kappa shape index (κ1) is 13.5. The molecule has 3 nitrogen and oxygen atoms in total. The molecule has 0 aliphatic rings. The number of benzene rings is 2. The number of aryl methyl sites for hydroxylation is 1. The highest BCUT2D eigenvalue weighted by Crippen LogP contribution is 2.20. The smallest absolute Gasteiger partial charge is 0.257 e. The van der Waals surface area contributed by atoms with Crippen molar-refractivity contribution in [3.8, 4) is 0 Å². The van der Waals surface area contributed by atoms with Crippen molar-refractivity contribution in [1.29, 1.82) is 0 Å². The molecule has 1 amide bonds.